The summed E-state index contributed by atoms with van der Waals surface area (Å²) in [5.74, 6) is 0.240. The number of pyridine rings is 1. The maximum atomic E-state index is 13.9. The fourth-order valence-electron chi connectivity index (χ4n) is 4.12. The molecule has 0 saturated carbocycles. The van der Waals surface area contributed by atoms with Gasteiger partial charge in [0, 0.05) is 25.7 Å². The molecule has 3 N–H and O–H groups in total. The summed E-state index contributed by atoms with van der Waals surface area (Å²) in [5.41, 5.74) is 8.98. The Balaban J connectivity index is 1.63. The maximum absolute atomic E-state index is 13.9. The van der Waals surface area contributed by atoms with E-state index in [-0.39, 0.29) is 17.8 Å². The van der Waals surface area contributed by atoms with Crippen LogP contribution in [0.15, 0.2) is 54.2 Å². The number of hydrogen-bond acceptors (Lipinski definition) is 5. The van der Waals surface area contributed by atoms with Gasteiger partial charge in [-0.2, -0.15) is 0 Å². The van der Waals surface area contributed by atoms with Crippen LogP contribution in [0.1, 0.15) is 18.9 Å². The Kier molecular flexibility index (Phi) is 6.80. The standard InChI is InChI=1S/C24H28FN5O2/c1-17-9-11-29(21-8-7-19(25)15-28-21)12-13-30(17)24(31)22(20-16-32-14-10-27-20)23(26)18-5-3-2-4-6-18/h2-8,15,17H,9-14,16,26H2,1H3/p+1/b23-22+/t17-/m1/s1. The molecule has 32 heavy (non-hydrogen) atoms. The first-order valence-corrected chi connectivity index (χ1v) is 10.9. The lowest BCUT2D eigenvalue weighted by atomic mass is 10.00. The second-order valence-electron chi connectivity index (χ2n) is 8.07. The van der Waals surface area contributed by atoms with E-state index >= 15 is 0 Å². The van der Waals surface area contributed by atoms with E-state index in [1.165, 1.54) is 12.3 Å². The van der Waals surface area contributed by atoms with Gasteiger partial charge < -0.3 is 20.3 Å². The molecule has 7 nitrogen and oxygen atoms in total. The van der Waals surface area contributed by atoms with Gasteiger partial charge in [0.1, 0.15) is 30.4 Å². The number of ether oxygens (including phenoxy) is 1. The van der Waals surface area contributed by atoms with Gasteiger partial charge in [-0.3, -0.25) is 4.79 Å². The monoisotopic (exact) mass is 438 g/mol. The molecule has 0 unspecified atom stereocenters. The van der Waals surface area contributed by atoms with Crippen molar-refractivity contribution in [3.05, 3.63) is 65.6 Å². The van der Waals surface area contributed by atoms with E-state index in [1.807, 2.05) is 42.2 Å². The molecular weight excluding hydrogens is 409 g/mol. The fourth-order valence-corrected chi connectivity index (χ4v) is 4.12. The maximum Gasteiger partial charge on any atom is 0.262 e. The normalized spacial score (nSPS) is 20.3. The molecule has 1 aromatic heterocycles. The van der Waals surface area contributed by atoms with Crippen LogP contribution in [0.5, 0.6) is 0 Å². The first-order valence-electron chi connectivity index (χ1n) is 10.9. The van der Waals surface area contributed by atoms with E-state index in [9.17, 15) is 9.18 Å². The van der Waals surface area contributed by atoms with Gasteiger partial charge in [0.25, 0.3) is 5.91 Å². The summed E-state index contributed by atoms with van der Waals surface area (Å²) in [6.45, 7) is 5.44. The van der Waals surface area contributed by atoms with Crippen molar-refractivity contribution in [1.29, 1.82) is 0 Å². The third kappa shape index (κ3) is 4.80. The van der Waals surface area contributed by atoms with Crippen molar-refractivity contribution >= 4 is 23.1 Å². The van der Waals surface area contributed by atoms with Crippen LogP contribution in [0.2, 0.25) is 0 Å². The van der Waals surface area contributed by atoms with E-state index < -0.39 is 0 Å². The highest BCUT2D eigenvalue weighted by atomic mass is 19.1. The molecule has 2 aliphatic rings. The Morgan fingerprint density at radius 1 is 1.19 bits per heavy atom. The van der Waals surface area contributed by atoms with Gasteiger partial charge >= 0.3 is 0 Å². The van der Waals surface area contributed by atoms with Gasteiger partial charge in [-0.25, -0.2) is 14.4 Å². The molecule has 1 saturated heterocycles. The minimum atomic E-state index is -0.362. The molecule has 2 aromatic rings. The van der Waals surface area contributed by atoms with Gasteiger partial charge in [-0.15, -0.1) is 0 Å². The van der Waals surface area contributed by atoms with E-state index in [2.05, 4.69) is 14.9 Å². The highest BCUT2D eigenvalue weighted by Crippen LogP contribution is 2.22. The second-order valence-corrected chi connectivity index (χ2v) is 8.07. The predicted octanol–water partition coefficient (Wildman–Crippen LogP) is 0.570. The van der Waals surface area contributed by atoms with Crippen LogP contribution in [-0.4, -0.2) is 66.9 Å². The summed E-state index contributed by atoms with van der Waals surface area (Å²) in [5, 5.41) is 0. The van der Waals surface area contributed by atoms with Crippen molar-refractivity contribution in [2.45, 2.75) is 19.4 Å². The number of amides is 1. The SMILES string of the molecule is C[C@@H]1CCN(c2ccc(F)cn2)CCN1C(=O)/C(C1=[NH+]CCOC1)=C(/N)c1ccccc1. The Hall–Kier alpha value is -3.26. The van der Waals surface area contributed by atoms with Crippen molar-refractivity contribution in [2.24, 2.45) is 5.73 Å². The molecule has 0 aliphatic carbocycles. The first kappa shape index (κ1) is 22.0. The third-order valence-corrected chi connectivity index (χ3v) is 5.96. The van der Waals surface area contributed by atoms with Crippen molar-refractivity contribution in [1.82, 2.24) is 9.88 Å². The minimum Gasteiger partial charge on any atom is -0.397 e. The van der Waals surface area contributed by atoms with E-state index in [4.69, 9.17) is 10.5 Å². The zero-order valence-corrected chi connectivity index (χ0v) is 18.3. The summed E-state index contributed by atoms with van der Waals surface area (Å²) >= 11 is 0. The van der Waals surface area contributed by atoms with Crippen molar-refractivity contribution in [2.75, 3.05) is 44.3 Å². The molecule has 0 spiro atoms. The van der Waals surface area contributed by atoms with Gasteiger partial charge in [-0.05, 0) is 31.0 Å². The molecule has 168 valence electrons. The van der Waals surface area contributed by atoms with Crippen LogP contribution < -0.4 is 15.6 Å². The zero-order chi connectivity index (χ0) is 22.5. The molecule has 1 atom stereocenters. The average Bonchev–Trinajstić information content (AvgIpc) is 3.02. The van der Waals surface area contributed by atoms with E-state index in [1.54, 1.807) is 6.07 Å². The van der Waals surface area contributed by atoms with Gasteiger partial charge in [0.05, 0.1) is 11.9 Å². The van der Waals surface area contributed by atoms with Gasteiger partial charge in [-0.1, -0.05) is 30.3 Å². The first-order chi connectivity index (χ1) is 15.5. The fraction of sp³-hybridized carbons (Fsp3) is 0.375. The van der Waals surface area contributed by atoms with Crippen LogP contribution in [0, 0.1) is 5.82 Å². The molecule has 1 aromatic carbocycles. The Morgan fingerprint density at radius 3 is 2.69 bits per heavy atom. The molecule has 0 bridgehead atoms. The number of nitrogens with two attached hydrogens (primary N) is 1. The lowest BCUT2D eigenvalue weighted by molar-refractivity contribution is -0.471. The number of carbonyl (C=O) groups excluding carboxylic acids is 1. The summed E-state index contributed by atoms with van der Waals surface area (Å²) < 4.78 is 18.9. The summed E-state index contributed by atoms with van der Waals surface area (Å²) in [6, 6.07) is 12.6. The van der Waals surface area contributed by atoms with Crippen LogP contribution >= 0.6 is 0 Å². The van der Waals surface area contributed by atoms with Crippen LogP contribution in [0.25, 0.3) is 5.70 Å². The lowest BCUT2D eigenvalue weighted by Crippen LogP contribution is -2.78. The van der Waals surface area contributed by atoms with Crippen LogP contribution in [0.3, 0.4) is 0 Å². The highest BCUT2D eigenvalue weighted by molar-refractivity contribution is 6.24. The van der Waals surface area contributed by atoms with E-state index in [0.717, 1.165) is 24.2 Å². The summed E-state index contributed by atoms with van der Waals surface area (Å²) in [4.78, 5) is 25.3. The number of nitrogens with zero attached hydrogens (tertiary/aromatic N) is 3. The number of aromatic nitrogens is 1. The van der Waals surface area contributed by atoms with Crippen LogP contribution in [-0.2, 0) is 9.53 Å². The quantitative estimate of drug-likeness (QED) is 0.682. The number of benzene rings is 1. The molecule has 8 heteroatoms. The largest absolute Gasteiger partial charge is 0.397 e. The molecule has 1 amide bonds. The number of carbonyl (C=O) groups is 1. The number of hydrogen-bond donors (Lipinski definition) is 2. The van der Waals surface area contributed by atoms with Crippen molar-refractivity contribution in [3.63, 3.8) is 0 Å². The molecule has 2 aliphatic heterocycles. The molecular formula is C24H29FN5O2+. The molecule has 4 rings (SSSR count). The lowest BCUT2D eigenvalue weighted by Gasteiger charge is -2.28. The van der Waals surface area contributed by atoms with Crippen molar-refractivity contribution in [3.8, 4) is 0 Å². The molecule has 3 heterocycles. The Morgan fingerprint density at radius 2 is 2.00 bits per heavy atom. The average molecular weight is 439 g/mol. The number of nitrogens with one attached hydrogen (secondary N) is 1. The summed E-state index contributed by atoms with van der Waals surface area (Å²) in [7, 11) is 0. The highest BCUT2D eigenvalue weighted by Gasteiger charge is 2.34. The number of anilines is 1. The number of halogens is 1. The minimum absolute atomic E-state index is 0.0108. The zero-order valence-electron chi connectivity index (χ0n) is 18.3. The molecule has 0 radical (unpaired) electrons. The Labute approximate surface area is 187 Å². The topological polar surface area (TPSA) is 85.7 Å². The van der Waals surface area contributed by atoms with Crippen molar-refractivity contribution < 1.29 is 18.9 Å². The second kappa shape index (κ2) is 9.91. The third-order valence-electron chi connectivity index (χ3n) is 5.96. The summed E-state index contributed by atoms with van der Waals surface area (Å²) in [6.07, 6.45) is 1.99. The smallest absolute Gasteiger partial charge is 0.262 e. The number of rotatable bonds is 4. The van der Waals surface area contributed by atoms with Crippen LogP contribution in [0.4, 0.5) is 10.2 Å². The van der Waals surface area contributed by atoms with Gasteiger partial charge in [0.2, 0.25) is 5.71 Å². The predicted molar refractivity (Wildman–Crippen MR) is 121 cm³/mol. The van der Waals surface area contributed by atoms with E-state index in [0.29, 0.717) is 49.9 Å². The van der Waals surface area contributed by atoms with Gasteiger partial charge in [0.15, 0.2) is 6.54 Å². The Bertz CT molecular complexity index is 1010. The molecule has 1 fully saturated rings.